The normalized spacial score (nSPS) is 17.9. The van der Waals surface area contributed by atoms with Crippen LogP contribution in [0.1, 0.15) is 49.7 Å². The average Bonchev–Trinajstić information content (AvgIpc) is 3.27. The van der Waals surface area contributed by atoms with Gasteiger partial charge < -0.3 is 26.0 Å². The van der Waals surface area contributed by atoms with Gasteiger partial charge in [0.2, 0.25) is 11.7 Å². The summed E-state index contributed by atoms with van der Waals surface area (Å²) in [7, 11) is 1.53. The number of nitrogen functional groups attached to an aromatic ring is 1. The lowest BCUT2D eigenvalue weighted by molar-refractivity contribution is -0.127. The zero-order valence-electron chi connectivity index (χ0n) is 21.2. The molecule has 4 rings (SSSR count). The summed E-state index contributed by atoms with van der Waals surface area (Å²) in [6.07, 6.45) is 4.95. The number of fused-ring (bicyclic) bond motifs is 1. The summed E-state index contributed by atoms with van der Waals surface area (Å²) < 4.78 is 7.76. The van der Waals surface area contributed by atoms with Gasteiger partial charge in [-0.3, -0.25) is 14.0 Å². The molecule has 1 fully saturated rings. The van der Waals surface area contributed by atoms with Gasteiger partial charge in [-0.05, 0) is 51.8 Å². The van der Waals surface area contributed by atoms with Crippen LogP contribution in [0.5, 0.6) is 0 Å². The van der Waals surface area contributed by atoms with Crippen LogP contribution in [0.3, 0.4) is 0 Å². The molecule has 1 atom stereocenters. The number of nitrogens with two attached hydrogens (primary N) is 1. The number of aromatic nitrogens is 3. The Morgan fingerprint density at radius 1 is 1.22 bits per heavy atom. The van der Waals surface area contributed by atoms with E-state index in [-0.39, 0.29) is 24.1 Å². The first-order valence-electron chi connectivity index (χ1n) is 11.8. The van der Waals surface area contributed by atoms with Gasteiger partial charge in [0.1, 0.15) is 16.8 Å². The molecule has 0 spiro atoms. The molecule has 3 heterocycles. The lowest BCUT2D eigenvalue weighted by Crippen LogP contribution is -2.66. The van der Waals surface area contributed by atoms with Crippen molar-refractivity contribution in [2.24, 2.45) is 0 Å². The van der Waals surface area contributed by atoms with Crippen molar-refractivity contribution >= 4 is 50.9 Å². The summed E-state index contributed by atoms with van der Waals surface area (Å²) in [5.74, 6) is -0.390. The summed E-state index contributed by atoms with van der Waals surface area (Å²) in [6, 6.07) is 5.39. The number of ketones is 1. The molecule has 12 heteroatoms. The molecule has 3 aromatic rings. The van der Waals surface area contributed by atoms with Crippen LogP contribution in [0.2, 0.25) is 0 Å². The number of hydrogen-bond acceptors (Lipinski definition) is 8. The molecule has 1 aliphatic rings. The third kappa shape index (κ3) is 5.38. The highest BCUT2D eigenvalue weighted by atomic mass is 79.9. The number of rotatable bonds is 5. The second-order valence-electron chi connectivity index (χ2n) is 9.95. The first-order chi connectivity index (χ1) is 17.4. The van der Waals surface area contributed by atoms with Gasteiger partial charge in [-0.25, -0.2) is 14.8 Å². The molecule has 37 heavy (non-hydrogen) atoms. The number of benzene rings is 1. The molecule has 0 aliphatic carbocycles. The number of hydrogen-bond donors (Lipinski definition) is 3. The van der Waals surface area contributed by atoms with E-state index >= 15 is 0 Å². The number of likely N-dealkylation sites (N-methyl/N-ethyl adjacent to an activating group) is 1. The molecule has 2 aromatic heterocycles. The molecule has 1 aromatic carbocycles. The summed E-state index contributed by atoms with van der Waals surface area (Å²) in [4.78, 5) is 49.8. The van der Waals surface area contributed by atoms with E-state index in [4.69, 9.17) is 10.5 Å². The molecule has 1 aliphatic heterocycles. The van der Waals surface area contributed by atoms with Crippen molar-refractivity contribution < 1.29 is 19.1 Å². The number of carbonyl (C=O) groups is 3. The third-order valence-electron chi connectivity index (χ3n) is 6.13. The minimum absolute atomic E-state index is 0.151. The Morgan fingerprint density at radius 3 is 2.68 bits per heavy atom. The quantitative estimate of drug-likeness (QED) is 0.396. The third-order valence-corrected chi connectivity index (χ3v) is 6.62. The maximum absolute atomic E-state index is 13.8. The SMILES string of the molecule is CNC(=O)C1(NC(=O)OC(C)(C)C)CCCN(c2ccc(Br)cc2C(=O)c2cnc3c(N)nccn23)C1. The standard InChI is InChI=1S/C25H30BrN7O4/c1-24(2,3)37-23(36)31-25(22(35)28-4)8-5-10-32(14-25)17-7-6-15(26)12-16(17)19(34)18-13-30-21-20(27)29-9-11-33(18)21/h6-7,9,11-13H,5,8,10,14H2,1-4H3,(H2,27,29)(H,28,35)(H,31,36). The number of amides is 2. The van der Waals surface area contributed by atoms with E-state index in [1.54, 1.807) is 37.4 Å². The lowest BCUT2D eigenvalue weighted by atomic mass is 9.87. The molecule has 0 radical (unpaired) electrons. The highest BCUT2D eigenvalue weighted by Crippen LogP contribution is 2.32. The lowest BCUT2D eigenvalue weighted by Gasteiger charge is -2.43. The number of ether oxygens (including phenoxy) is 1. The van der Waals surface area contributed by atoms with Gasteiger partial charge in [0.05, 0.1) is 12.7 Å². The smallest absolute Gasteiger partial charge is 0.408 e. The van der Waals surface area contributed by atoms with Gasteiger partial charge in [-0.1, -0.05) is 15.9 Å². The van der Waals surface area contributed by atoms with Crippen LogP contribution in [0.25, 0.3) is 5.65 Å². The van der Waals surface area contributed by atoms with Crippen LogP contribution in [0.4, 0.5) is 16.3 Å². The molecule has 1 unspecified atom stereocenters. The molecule has 1 saturated heterocycles. The van der Waals surface area contributed by atoms with Crippen molar-refractivity contribution in [3.8, 4) is 0 Å². The van der Waals surface area contributed by atoms with Crippen molar-refractivity contribution in [3.63, 3.8) is 0 Å². The zero-order chi connectivity index (χ0) is 27.0. The van der Waals surface area contributed by atoms with Crippen molar-refractivity contribution in [1.82, 2.24) is 25.0 Å². The van der Waals surface area contributed by atoms with Crippen molar-refractivity contribution in [2.75, 3.05) is 30.8 Å². The maximum atomic E-state index is 13.8. The number of halogens is 1. The van der Waals surface area contributed by atoms with Crippen LogP contribution < -0.4 is 21.3 Å². The molecule has 196 valence electrons. The van der Waals surface area contributed by atoms with Crippen molar-refractivity contribution in [3.05, 3.63) is 52.5 Å². The Balaban J connectivity index is 1.71. The number of anilines is 2. The summed E-state index contributed by atoms with van der Waals surface area (Å²) >= 11 is 3.47. The number of carbonyl (C=O) groups excluding carboxylic acids is 3. The molecule has 4 N–H and O–H groups in total. The average molecular weight is 572 g/mol. The number of imidazole rings is 1. The molecule has 2 amide bonds. The fraction of sp³-hybridized carbons (Fsp3) is 0.400. The number of nitrogens with one attached hydrogen (secondary N) is 2. The van der Waals surface area contributed by atoms with Gasteiger partial charge >= 0.3 is 6.09 Å². The van der Waals surface area contributed by atoms with Crippen molar-refractivity contribution in [2.45, 2.75) is 44.8 Å². The predicted octanol–water partition coefficient (Wildman–Crippen LogP) is 2.91. The number of nitrogens with zero attached hydrogens (tertiary/aromatic N) is 4. The van der Waals surface area contributed by atoms with Crippen LogP contribution in [0.15, 0.2) is 41.3 Å². The Morgan fingerprint density at radius 2 is 1.97 bits per heavy atom. The van der Waals surface area contributed by atoms with Gasteiger partial charge in [-0.15, -0.1) is 0 Å². The van der Waals surface area contributed by atoms with Gasteiger partial charge in [-0.2, -0.15) is 0 Å². The number of alkyl carbamates (subject to hydrolysis) is 1. The van der Waals surface area contributed by atoms with E-state index in [1.165, 1.54) is 19.4 Å². The highest BCUT2D eigenvalue weighted by molar-refractivity contribution is 9.10. The Hall–Kier alpha value is -3.67. The zero-order valence-corrected chi connectivity index (χ0v) is 22.8. The van der Waals surface area contributed by atoms with E-state index in [2.05, 4.69) is 36.5 Å². The Kier molecular flexibility index (Phi) is 7.13. The molecule has 0 bridgehead atoms. The minimum atomic E-state index is -1.24. The van der Waals surface area contributed by atoms with E-state index in [0.29, 0.717) is 42.0 Å². The van der Waals surface area contributed by atoms with Crippen LogP contribution >= 0.6 is 15.9 Å². The van der Waals surface area contributed by atoms with Gasteiger partial charge in [0.15, 0.2) is 11.5 Å². The topological polar surface area (TPSA) is 144 Å². The Bertz CT molecular complexity index is 1370. The fourth-order valence-corrected chi connectivity index (χ4v) is 4.92. The second kappa shape index (κ2) is 10.0. The van der Waals surface area contributed by atoms with Crippen molar-refractivity contribution in [1.29, 1.82) is 0 Å². The predicted molar refractivity (Wildman–Crippen MR) is 143 cm³/mol. The largest absolute Gasteiger partial charge is 0.444 e. The molecule has 11 nitrogen and oxygen atoms in total. The second-order valence-corrected chi connectivity index (χ2v) is 10.9. The van der Waals surface area contributed by atoms with E-state index in [9.17, 15) is 14.4 Å². The Labute approximate surface area is 222 Å². The number of piperidine rings is 1. The summed E-state index contributed by atoms with van der Waals surface area (Å²) in [5.41, 5.74) is 5.71. The van der Waals surface area contributed by atoms with E-state index in [1.807, 2.05) is 17.0 Å². The fourth-order valence-electron chi connectivity index (χ4n) is 4.55. The van der Waals surface area contributed by atoms with E-state index in [0.717, 1.165) is 4.47 Å². The monoisotopic (exact) mass is 571 g/mol. The molecular weight excluding hydrogens is 542 g/mol. The first-order valence-corrected chi connectivity index (χ1v) is 12.6. The summed E-state index contributed by atoms with van der Waals surface area (Å²) in [5, 5.41) is 5.48. The van der Waals surface area contributed by atoms with Gasteiger partial charge in [0, 0.05) is 41.7 Å². The van der Waals surface area contributed by atoms with E-state index < -0.39 is 17.2 Å². The van der Waals surface area contributed by atoms with Crippen LogP contribution in [0, 0.1) is 0 Å². The minimum Gasteiger partial charge on any atom is -0.444 e. The maximum Gasteiger partial charge on any atom is 0.408 e. The van der Waals surface area contributed by atoms with Crippen LogP contribution in [-0.4, -0.2) is 63.4 Å². The van der Waals surface area contributed by atoms with Crippen LogP contribution in [-0.2, 0) is 9.53 Å². The highest BCUT2D eigenvalue weighted by Gasteiger charge is 2.44. The van der Waals surface area contributed by atoms with Gasteiger partial charge in [0.25, 0.3) is 0 Å². The first kappa shape index (κ1) is 26.4. The molecule has 0 saturated carbocycles. The summed E-state index contributed by atoms with van der Waals surface area (Å²) in [6.45, 7) is 6.01. The molecular formula is C25H30BrN7O4.